The first kappa shape index (κ1) is 14.2. The first-order valence-corrected chi connectivity index (χ1v) is 4.79. The van der Waals surface area contributed by atoms with E-state index in [1.807, 2.05) is 0 Å². The molecule has 0 radical (unpaired) electrons. The van der Waals surface area contributed by atoms with Crippen molar-refractivity contribution in [1.82, 2.24) is 0 Å². The summed E-state index contributed by atoms with van der Waals surface area (Å²) in [6, 6.07) is 0. The molecule has 2 aliphatic carbocycles. The SMILES string of the molecule is N=[C-]C1CC1.[CH2-]CN=C(N)C1CC1.[U+2]. The quantitative estimate of drug-likeness (QED) is 0.408. The zero-order chi connectivity index (χ0) is 9.68. The number of nitrogens with two attached hydrogens (primary N) is 1. The monoisotopic (exact) mass is 417 g/mol. The number of rotatable bonds is 3. The topological polar surface area (TPSA) is 62.2 Å². The van der Waals surface area contributed by atoms with E-state index in [4.69, 9.17) is 11.1 Å². The summed E-state index contributed by atoms with van der Waals surface area (Å²) in [6.45, 7) is 4.15. The van der Waals surface area contributed by atoms with Crippen LogP contribution in [0, 0.1) is 55.3 Å². The smallest absolute Gasteiger partial charge is 0.518 e. The van der Waals surface area contributed by atoms with Crippen molar-refractivity contribution in [2.45, 2.75) is 25.7 Å². The van der Waals surface area contributed by atoms with Crippen molar-refractivity contribution in [3.63, 3.8) is 0 Å². The third-order valence-corrected chi connectivity index (χ3v) is 2.07. The molecule has 3 nitrogen and oxygen atoms in total. The van der Waals surface area contributed by atoms with Gasteiger partial charge in [-0.15, -0.1) is 0 Å². The Bertz CT molecular complexity index is 196. The van der Waals surface area contributed by atoms with Gasteiger partial charge in [0.1, 0.15) is 0 Å². The number of amidine groups is 1. The van der Waals surface area contributed by atoms with Gasteiger partial charge in [-0.25, -0.2) is 0 Å². The summed E-state index contributed by atoms with van der Waals surface area (Å²) in [6.07, 6.45) is 7.28. The minimum Gasteiger partial charge on any atom is -0.518 e. The van der Waals surface area contributed by atoms with Crippen molar-refractivity contribution in [3.8, 4) is 0 Å². The second-order valence-electron chi connectivity index (χ2n) is 3.50. The Hall–Kier alpha value is 0.192. The van der Waals surface area contributed by atoms with E-state index in [0.717, 1.165) is 5.84 Å². The summed E-state index contributed by atoms with van der Waals surface area (Å²) in [5.74, 6) is 1.96. The van der Waals surface area contributed by atoms with E-state index in [1.165, 1.54) is 25.7 Å². The van der Waals surface area contributed by atoms with E-state index < -0.39 is 0 Å². The van der Waals surface area contributed by atoms with Crippen molar-refractivity contribution in [2.24, 2.45) is 22.6 Å². The van der Waals surface area contributed by atoms with Crippen molar-refractivity contribution in [2.75, 3.05) is 6.54 Å². The predicted molar refractivity (Wildman–Crippen MR) is 55.0 cm³/mol. The molecule has 0 spiro atoms. The Morgan fingerprint density at radius 2 is 2.00 bits per heavy atom. The summed E-state index contributed by atoms with van der Waals surface area (Å²) in [5, 5.41) is 6.47. The van der Waals surface area contributed by atoms with Crippen LogP contribution >= 0.6 is 0 Å². The molecular formula is C10H17N3U. The van der Waals surface area contributed by atoms with Crippen molar-refractivity contribution in [3.05, 3.63) is 6.92 Å². The average molecular weight is 417 g/mol. The molecule has 0 aromatic rings. The zero-order valence-electron chi connectivity index (χ0n) is 8.42. The van der Waals surface area contributed by atoms with Crippen LogP contribution in [0.4, 0.5) is 0 Å². The Kier molecular flexibility index (Phi) is 7.58. The van der Waals surface area contributed by atoms with Crippen LogP contribution in [-0.2, 0) is 0 Å². The van der Waals surface area contributed by atoms with Gasteiger partial charge in [0.2, 0.25) is 0 Å². The van der Waals surface area contributed by atoms with Gasteiger partial charge in [-0.1, -0.05) is 19.4 Å². The maximum Gasteiger partial charge on any atom is 2.00 e. The van der Waals surface area contributed by atoms with E-state index in [9.17, 15) is 0 Å². The van der Waals surface area contributed by atoms with Gasteiger partial charge >= 0.3 is 31.1 Å². The van der Waals surface area contributed by atoms with Crippen molar-refractivity contribution in [1.29, 1.82) is 5.41 Å². The predicted octanol–water partition coefficient (Wildman–Crippen LogP) is 1.51. The molecule has 76 valence electrons. The molecule has 0 heterocycles. The first-order chi connectivity index (χ1) is 6.27. The van der Waals surface area contributed by atoms with Crippen LogP contribution in [0.15, 0.2) is 4.99 Å². The molecule has 3 N–H and O–H groups in total. The fourth-order valence-corrected chi connectivity index (χ4v) is 0.865. The number of aliphatic imine (C=N–C) groups is 1. The van der Waals surface area contributed by atoms with Gasteiger partial charge in [0.05, 0.1) is 5.84 Å². The van der Waals surface area contributed by atoms with Gasteiger partial charge in [0, 0.05) is 5.92 Å². The van der Waals surface area contributed by atoms with Crippen LogP contribution in [0.5, 0.6) is 0 Å². The third kappa shape index (κ3) is 6.62. The summed E-state index contributed by atoms with van der Waals surface area (Å²) < 4.78 is 0. The number of nitrogens with zero attached hydrogens (tertiary/aromatic N) is 1. The first-order valence-electron chi connectivity index (χ1n) is 4.79. The molecule has 0 saturated heterocycles. The minimum absolute atomic E-state index is 0. The molecule has 0 amide bonds. The summed E-state index contributed by atoms with van der Waals surface area (Å²) in [7, 11) is 0. The van der Waals surface area contributed by atoms with Crippen LogP contribution in [0.2, 0.25) is 0 Å². The van der Waals surface area contributed by atoms with Gasteiger partial charge in [-0.05, 0) is 12.8 Å². The molecule has 0 unspecified atom stereocenters. The standard InChI is InChI=1S/C6H11N2.C4H6N.U/c1-2-8-6(7)5-3-4-5;5-3-4-1-2-4;/h5H,1-4H2,(H2,7,8);4-5H,1-2H2;/q2*-1;+2. The van der Waals surface area contributed by atoms with Gasteiger partial charge in [0.15, 0.2) is 0 Å². The summed E-state index contributed by atoms with van der Waals surface area (Å²) in [5.41, 5.74) is 5.50. The normalized spacial score (nSPS) is 20.2. The maximum absolute atomic E-state index is 6.47. The van der Waals surface area contributed by atoms with Crippen LogP contribution in [-0.4, -0.2) is 18.6 Å². The largest absolute Gasteiger partial charge is 2.00 e. The molecule has 0 bridgehead atoms. The molecule has 0 atom stereocenters. The van der Waals surface area contributed by atoms with Crippen molar-refractivity contribution >= 4 is 12.1 Å². The summed E-state index contributed by atoms with van der Waals surface area (Å²) in [4.78, 5) is 3.97. The molecule has 0 aromatic carbocycles. The van der Waals surface area contributed by atoms with E-state index in [0.29, 0.717) is 18.4 Å². The molecule has 14 heavy (non-hydrogen) atoms. The third-order valence-electron chi connectivity index (χ3n) is 2.07. The van der Waals surface area contributed by atoms with Gasteiger partial charge < -0.3 is 29.3 Å². The Morgan fingerprint density at radius 1 is 1.43 bits per heavy atom. The molecular weight excluding hydrogens is 400 g/mol. The number of nitrogens with one attached hydrogen (secondary N) is 1. The number of hydrogen-bond acceptors (Lipinski definition) is 2. The molecule has 0 aliphatic heterocycles. The molecule has 2 aliphatic rings. The Morgan fingerprint density at radius 3 is 2.21 bits per heavy atom. The molecule has 4 heteroatoms. The average Bonchev–Trinajstić information content (AvgIpc) is 3.00. The maximum atomic E-state index is 6.47. The molecule has 0 aromatic heterocycles. The minimum atomic E-state index is 0. The van der Waals surface area contributed by atoms with Gasteiger partial charge in [0.25, 0.3) is 0 Å². The van der Waals surface area contributed by atoms with E-state index in [2.05, 4.69) is 18.1 Å². The van der Waals surface area contributed by atoms with Crippen LogP contribution < -0.4 is 5.73 Å². The van der Waals surface area contributed by atoms with Gasteiger partial charge in [-0.3, -0.25) is 0 Å². The van der Waals surface area contributed by atoms with E-state index >= 15 is 0 Å². The van der Waals surface area contributed by atoms with Crippen LogP contribution in [0.1, 0.15) is 25.7 Å². The Balaban J connectivity index is 0.000000246. The van der Waals surface area contributed by atoms with Crippen molar-refractivity contribution < 1.29 is 31.1 Å². The second-order valence-corrected chi connectivity index (χ2v) is 3.50. The Labute approximate surface area is 110 Å². The zero-order valence-corrected chi connectivity index (χ0v) is 12.6. The summed E-state index contributed by atoms with van der Waals surface area (Å²) >= 11 is 0. The van der Waals surface area contributed by atoms with Crippen LogP contribution in [0.3, 0.4) is 0 Å². The fourth-order valence-electron chi connectivity index (χ4n) is 0.865. The molecule has 2 rings (SSSR count). The molecule has 2 fully saturated rings. The second kappa shape index (κ2) is 7.48. The fraction of sp³-hybridized carbons (Fsp3) is 0.700. The van der Waals surface area contributed by atoms with Crippen LogP contribution in [0.25, 0.3) is 0 Å². The van der Waals surface area contributed by atoms with Gasteiger partial charge in [-0.2, -0.15) is 5.92 Å². The van der Waals surface area contributed by atoms with E-state index in [-0.39, 0.29) is 31.1 Å². The number of hydrogen-bond donors (Lipinski definition) is 2. The molecule has 2 saturated carbocycles. The van der Waals surface area contributed by atoms with E-state index in [1.54, 1.807) is 0 Å².